The van der Waals surface area contributed by atoms with Crippen LogP contribution < -0.4 is 0 Å². The molecule has 2 nitrogen and oxygen atoms in total. The predicted molar refractivity (Wildman–Crippen MR) is 111 cm³/mol. The van der Waals surface area contributed by atoms with E-state index in [2.05, 4.69) is 75.6 Å². The summed E-state index contributed by atoms with van der Waals surface area (Å²) in [6, 6.07) is 17.4. The smallest absolute Gasteiger partial charge is 0.134 e. The molecule has 0 saturated carbocycles. The van der Waals surface area contributed by atoms with Gasteiger partial charge in [0.2, 0.25) is 0 Å². The number of nitrogens with zero attached hydrogens (tertiary/aromatic N) is 2. The first kappa shape index (κ1) is 18.7. The van der Waals surface area contributed by atoms with Crippen LogP contribution in [0.5, 0.6) is 0 Å². The molecule has 0 fully saturated rings. The Bertz CT molecular complexity index is 868. The maximum Gasteiger partial charge on any atom is 0.134 e. The predicted octanol–water partition coefficient (Wildman–Crippen LogP) is 5.56. The molecule has 1 heterocycles. The molecular weight excluding hydrogens is 336 g/mol. The molecule has 2 aromatic carbocycles. The molecule has 0 aliphatic heterocycles. The van der Waals surface area contributed by atoms with E-state index in [0.717, 1.165) is 35.8 Å². The molecule has 3 heteroatoms. The Balaban J connectivity index is 1.95. The number of rotatable bonds is 6. The van der Waals surface area contributed by atoms with E-state index in [1.54, 1.807) is 11.8 Å². The van der Waals surface area contributed by atoms with Crippen LogP contribution in [0.2, 0.25) is 0 Å². The van der Waals surface area contributed by atoms with E-state index < -0.39 is 0 Å². The molecule has 0 bridgehead atoms. The van der Waals surface area contributed by atoms with Crippen molar-refractivity contribution < 1.29 is 0 Å². The van der Waals surface area contributed by atoms with Gasteiger partial charge in [-0.1, -0.05) is 66.6 Å². The number of benzene rings is 2. The van der Waals surface area contributed by atoms with E-state index in [1.807, 2.05) is 0 Å². The largest absolute Gasteiger partial charge is 0.237 e. The molecule has 0 amide bonds. The summed E-state index contributed by atoms with van der Waals surface area (Å²) in [5.41, 5.74) is 7.58. The van der Waals surface area contributed by atoms with Crippen molar-refractivity contribution >= 4 is 11.8 Å². The second-order valence-electron chi connectivity index (χ2n) is 6.75. The molecule has 1 aromatic heterocycles. The van der Waals surface area contributed by atoms with Crippen LogP contribution in [0.3, 0.4) is 0 Å². The Labute approximate surface area is 161 Å². The van der Waals surface area contributed by atoms with Gasteiger partial charge in [-0.3, -0.25) is 0 Å². The first-order valence-electron chi connectivity index (χ1n) is 9.12. The summed E-state index contributed by atoms with van der Waals surface area (Å²) in [5.74, 6) is 0.914. The number of aromatic nitrogens is 2. The highest BCUT2D eigenvalue weighted by Crippen LogP contribution is 2.24. The topological polar surface area (TPSA) is 25.8 Å². The average molecular weight is 363 g/mol. The van der Waals surface area contributed by atoms with E-state index in [-0.39, 0.29) is 0 Å². The van der Waals surface area contributed by atoms with Gasteiger partial charge in [0.05, 0.1) is 5.69 Å². The lowest BCUT2D eigenvalue weighted by Gasteiger charge is -2.14. The molecule has 3 aromatic rings. The first-order valence-corrected chi connectivity index (χ1v) is 10.3. The second-order valence-corrected chi connectivity index (χ2v) is 7.55. The van der Waals surface area contributed by atoms with Gasteiger partial charge in [0.25, 0.3) is 0 Å². The molecule has 0 N–H and O–H groups in total. The molecule has 0 spiro atoms. The molecule has 0 radical (unpaired) electrons. The van der Waals surface area contributed by atoms with Gasteiger partial charge >= 0.3 is 0 Å². The summed E-state index contributed by atoms with van der Waals surface area (Å²) < 4.78 is 0. The fraction of sp³-hybridized carbons (Fsp3) is 0.304. The first-order chi connectivity index (χ1) is 12.6. The van der Waals surface area contributed by atoms with E-state index in [4.69, 9.17) is 9.97 Å². The summed E-state index contributed by atoms with van der Waals surface area (Å²) in [6.45, 7) is 6.43. The van der Waals surface area contributed by atoms with Gasteiger partial charge in [0.1, 0.15) is 10.9 Å². The van der Waals surface area contributed by atoms with E-state index in [9.17, 15) is 0 Å². The van der Waals surface area contributed by atoms with Crippen molar-refractivity contribution in [1.82, 2.24) is 9.97 Å². The van der Waals surface area contributed by atoms with Crippen LogP contribution in [0.1, 0.15) is 46.3 Å². The van der Waals surface area contributed by atoms with Crippen LogP contribution in [0.15, 0.2) is 53.6 Å². The number of thioether (sulfide) groups is 1. The third kappa shape index (κ3) is 4.53. The standard InChI is InChI=1S/C23H26N2S/c1-5-20-21(14-18-10-6-16(2)7-11-18)24-22(25-23(20)26-4)15-19-12-8-17(3)9-13-19/h6-13H,5,14-15H2,1-4H3. The minimum absolute atomic E-state index is 0.777. The molecule has 134 valence electrons. The van der Waals surface area contributed by atoms with E-state index in [0.29, 0.717) is 0 Å². The van der Waals surface area contributed by atoms with Gasteiger partial charge in [-0.15, -0.1) is 11.8 Å². The van der Waals surface area contributed by atoms with Crippen molar-refractivity contribution in [3.05, 3.63) is 87.9 Å². The number of hydrogen-bond acceptors (Lipinski definition) is 3. The van der Waals surface area contributed by atoms with Crippen LogP contribution in [0.4, 0.5) is 0 Å². The molecular formula is C23H26N2S. The Morgan fingerprint density at radius 3 is 1.81 bits per heavy atom. The van der Waals surface area contributed by atoms with E-state index >= 15 is 0 Å². The van der Waals surface area contributed by atoms with Gasteiger partial charge in [-0.05, 0) is 37.7 Å². The summed E-state index contributed by atoms with van der Waals surface area (Å²) in [4.78, 5) is 9.81. The van der Waals surface area contributed by atoms with Crippen LogP contribution in [0.25, 0.3) is 0 Å². The second kappa shape index (κ2) is 8.50. The Hall–Kier alpha value is -2.13. The highest BCUT2D eigenvalue weighted by atomic mass is 32.2. The minimum Gasteiger partial charge on any atom is -0.237 e. The highest BCUT2D eigenvalue weighted by Gasteiger charge is 2.13. The molecule has 0 unspecified atom stereocenters. The van der Waals surface area contributed by atoms with Gasteiger partial charge in [-0.25, -0.2) is 9.97 Å². The lowest BCUT2D eigenvalue weighted by Crippen LogP contribution is -2.08. The van der Waals surface area contributed by atoms with Crippen molar-refractivity contribution in [3.8, 4) is 0 Å². The summed E-state index contributed by atoms with van der Waals surface area (Å²) in [7, 11) is 0. The van der Waals surface area contributed by atoms with Crippen molar-refractivity contribution in [3.63, 3.8) is 0 Å². The van der Waals surface area contributed by atoms with Gasteiger partial charge in [0, 0.05) is 18.4 Å². The lowest BCUT2D eigenvalue weighted by atomic mass is 10.0. The maximum atomic E-state index is 4.96. The average Bonchev–Trinajstić information content (AvgIpc) is 2.65. The fourth-order valence-electron chi connectivity index (χ4n) is 3.09. The number of aryl methyl sites for hydroxylation is 2. The van der Waals surface area contributed by atoms with Crippen molar-refractivity contribution in [2.24, 2.45) is 0 Å². The molecule has 0 atom stereocenters. The Morgan fingerprint density at radius 2 is 1.31 bits per heavy atom. The molecule has 0 aliphatic rings. The zero-order chi connectivity index (χ0) is 18.5. The maximum absolute atomic E-state index is 4.96. The molecule has 0 aliphatic carbocycles. The highest BCUT2D eigenvalue weighted by molar-refractivity contribution is 7.98. The van der Waals surface area contributed by atoms with Crippen molar-refractivity contribution in [2.75, 3.05) is 6.26 Å². The minimum atomic E-state index is 0.777. The fourth-order valence-corrected chi connectivity index (χ4v) is 3.80. The quantitative estimate of drug-likeness (QED) is 0.424. The normalized spacial score (nSPS) is 10.9. The van der Waals surface area contributed by atoms with Gasteiger partial charge in [-0.2, -0.15) is 0 Å². The van der Waals surface area contributed by atoms with Crippen molar-refractivity contribution in [2.45, 2.75) is 45.1 Å². The Morgan fingerprint density at radius 1 is 0.769 bits per heavy atom. The summed E-state index contributed by atoms with van der Waals surface area (Å²) >= 11 is 1.72. The van der Waals surface area contributed by atoms with Crippen LogP contribution >= 0.6 is 11.8 Å². The monoisotopic (exact) mass is 362 g/mol. The van der Waals surface area contributed by atoms with Crippen LogP contribution in [-0.4, -0.2) is 16.2 Å². The zero-order valence-electron chi connectivity index (χ0n) is 16.0. The van der Waals surface area contributed by atoms with Crippen molar-refractivity contribution in [1.29, 1.82) is 0 Å². The van der Waals surface area contributed by atoms with Gasteiger partial charge in [0.15, 0.2) is 0 Å². The van der Waals surface area contributed by atoms with Crippen LogP contribution in [0, 0.1) is 13.8 Å². The molecule has 3 rings (SSSR count). The number of hydrogen-bond donors (Lipinski definition) is 0. The van der Waals surface area contributed by atoms with E-state index in [1.165, 1.54) is 27.8 Å². The molecule has 26 heavy (non-hydrogen) atoms. The third-order valence-corrected chi connectivity index (χ3v) is 5.35. The van der Waals surface area contributed by atoms with Crippen LogP contribution in [-0.2, 0) is 19.3 Å². The third-order valence-electron chi connectivity index (χ3n) is 4.62. The summed E-state index contributed by atoms with van der Waals surface area (Å²) in [5, 5.41) is 1.12. The van der Waals surface area contributed by atoms with Gasteiger partial charge < -0.3 is 0 Å². The SMILES string of the molecule is CCc1c(Cc2ccc(C)cc2)nc(Cc2ccc(C)cc2)nc1SC. The Kier molecular flexibility index (Phi) is 6.10. The zero-order valence-corrected chi connectivity index (χ0v) is 16.9. The summed E-state index contributed by atoms with van der Waals surface area (Å²) in [6.07, 6.45) is 4.70. The lowest BCUT2D eigenvalue weighted by molar-refractivity contribution is 0.821. The molecule has 0 saturated heterocycles.